The summed E-state index contributed by atoms with van der Waals surface area (Å²) < 4.78 is 7.91. The predicted octanol–water partition coefficient (Wildman–Crippen LogP) is 5.48. The molecule has 3 aromatic carbocycles. The molecule has 0 bridgehead atoms. The molecule has 0 radical (unpaired) electrons. The number of carboxylic acid groups (broad SMARTS) is 1. The number of carbonyl (C=O) groups is 2. The number of aromatic nitrogens is 6. The first-order valence-electron chi connectivity index (χ1n) is 16.9. The zero-order chi connectivity index (χ0) is 36.3. The average Bonchev–Trinajstić information content (AvgIpc) is 3.77. The van der Waals surface area contributed by atoms with Gasteiger partial charge in [-0.05, 0) is 66.5 Å². The number of aromatic hydroxyl groups is 1. The van der Waals surface area contributed by atoms with Gasteiger partial charge in [-0.15, -0.1) is 10.2 Å². The summed E-state index contributed by atoms with van der Waals surface area (Å²) >= 11 is 6.71. The largest absolute Gasteiger partial charge is 0.508 e. The number of H-pyrrole nitrogens is 1. The molecule has 0 aliphatic carbocycles. The van der Waals surface area contributed by atoms with Gasteiger partial charge in [0.25, 0.3) is 0 Å². The number of aromatic amines is 1. The number of tetrazole rings is 1. The van der Waals surface area contributed by atoms with Gasteiger partial charge in [0.15, 0.2) is 5.15 Å². The summed E-state index contributed by atoms with van der Waals surface area (Å²) in [5.41, 5.74) is 5.32. The van der Waals surface area contributed by atoms with Crippen LogP contribution in [0.4, 0.5) is 0 Å². The molecule has 2 heterocycles. The number of aryl methyl sites for hydroxylation is 1. The number of likely N-dealkylation sites (N-methyl/N-ethyl adjacent to an activating group) is 2. The highest BCUT2D eigenvalue weighted by atomic mass is 35.5. The van der Waals surface area contributed by atoms with Crippen LogP contribution >= 0.6 is 11.6 Å². The Bertz CT molecular complexity index is 1880. The van der Waals surface area contributed by atoms with Crippen LogP contribution in [-0.2, 0) is 40.3 Å². The molecule has 13 nitrogen and oxygen atoms in total. The highest BCUT2D eigenvalue weighted by molar-refractivity contribution is 6.30. The smallest absolute Gasteiger partial charge is 0.323 e. The summed E-state index contributed by atoms with van der Waals surface area (Å²) in [5, 5.41) is 37.1. The van der Waals surface area contributed by atoms with Gasteiger partial charge in [0.2, 0.25) is 5.82 Å². The minimum Gasteiger partial charge on any atom is -0.508 e. The molecule has 0 amide bonds. The molecule has 268 valence electrons. The number of phenolic OH excluding ortho intramolecular Hbond substituents is 1. The van der Waals surface area contributed by atoms with Gasteiger partial charge < -0.3 is 24.8 Å². The van der Waals surface area contributed by atoms with Crippen LogP contribution in [0.1, 0.15) is 55.3 Å². The van der Waals surface area contributed by atoms with E-state index in [1.54, 1.807) is 43.3 Å². The molecule has 0 saturated carbocycles. The van der Waals surface area contributed by atoms with Crippen LogP contribution < -0.4 is 5.32 Å². The maximum absolute atomic E-state index is 13.7. The van der Waals surface area contributed by atoms with Crippen LogP contribution in [0.2, 0.25) is 5.15 Å². The fourth-order valence-electron chi connectivity index (χ4n) is 6.04. The first kappa shape index (κ1) is 37.2. The summed E-state index contributed by atoms with van der Waals surface area (Å²) in [6.07, 6.45) is 2.60. The van der Waals surface area contributed by atoms with Crippen molar-refractivity contribution in [1.29, 1.82) is 0 Å². The van der Waals surface area contributed by atoms with Crippen molar-refractivity contribution in [3.63, 3.8) is 0 Å². The van der Waals surface area contributed by atoms with E-state index in [4.69, 9.17) is 16.3 Å². The molecule has 0 aliphatic heterocycles. The predicted molar refractivity (Wildman–Crippen MR) is 193 cm³/mol. The van der Waals surface area contributed by atoms with E-state index in [2.05, 4.69) is 37.8 Å². The number of imidazole rings is 1. The number of phenols is 1. The Morgan fingerprint density at radius 3 is 2.39 bits per heavy atom. The van der Waals surface area contributed by atoms with E-state index in [1.807, 2.05) is 53.1 Å². The van der Waals surface area contributed by atoms with Gasteiger partial charge in [-0.25, -0.2) is 4.98 Å². The number of carboxylic acids is 1. The topological polar surface area (TPSA) is 171 Å². The second-order valence-electron chi connectivity index (χ2n) is 12.3. The lowest BCUT2D eigenvalue weighted by Gasteiger charge is -2.33. The number of nitrogens with one attached hydrogen (secondary N) is 2. The van der Waals surface area contributed by atoms with E-state index in [0.717, 1.165) is 46.5 Å². The van der Waals surface area contributed by atoms with E-state index in [0.29, 0.717) is 30.9 Å². The van der Waals surface area contributed by atoms with Crippen molar-refractivity contribution in [2.24, 2.45) is 0 Å². The van der Waals surface area contributed by atoms with Crippen LogP contribution in [0.15, 0.2) is 72.8 Å². The van der Waals surface area contributed by atoms with Crippen molar-refractivity contribution in [2.45, 2.75) is 70.8 Å². The monoisotopic (exact) mass is 714 g/mol. The number of halogens is 1. The SMILES string of the molecule is CCCCc1nc(Cl)c(COC(=O)[C@@H](CCC(=O)O)N(C)C(Cc2ccc(O)cc2)NC)n1Cc1ccc(-c2ccccc2-c2nn[nH]n2)cc1. The first-order chi connectivity index (χ1) is 24.7. The van der Waals surface area contributed by atoms with E-state index < -0.39 is 18.0 Å². The second-order valence-corrected chi connectivity index (χ2v) is 12.7. The molecule has 0 aliphatic rings. The quantitative estimate of drug-likeness (QED) is 0.0670. The molecule has 0 saturated heterocycles. The van der Waals surface area contributed by atoms with Crippen molar-refractivity contribution in [3.05, 3.63) is 101 Å². The lowest BCUT2D eigenvalue weighted by molar-refractivity contribution is -0.153. The molecular weight excluding hydrogens is 672 g/mol. The fraction of sp³-hybridized carbons (Fsp3) is 0.351. The molecule has 2 aromatic heterocycles. The maximum Gasteiger partial charge on any atom is 0.323 e. The van der Waals surface area contributed by atoms with Crippen molar-refractivity contribution in [1.82, 2.24) is 40.4 Å². The van der Waals surface area contributed by atoms with Crippen LogP contribution in [0, 0.1) is 0 Å². The molecule has 5 rings (SSSR count). The number of rotatable bonds is 18. The molecule has 14 heteroatoms. The van der Waals surface area contributed by atoms with Crippen molar-refractivity contribution >= 4 is 23.5 Å². The van der Waals surface area contributed by atoms with Gasteiger partial charge in [-0.2, -0.15) is 5.21 Å². The van der Waals surface area contributed by atoms with Crippen LogP contribution in [0.3, 0.4) is 0 Å². The second kappa shape index (κ2) is 17.7. The minimum absolute atomic E-state index is 0.0510. The number of hydrogen-bond donors (Lipinski definition) is 4. The van der Waals surface area contributed by atoms with Crippen molar-refractivity contribution in [2.75, 3.05) is 14.1 Å². The Labute approximate surface area is 301 Å². The first-order valence-corrected chi connectivity index (χ1v) is 17.3. The molecule has 51 heavy (non-hydrogen) atoms. The highest BCUT2D eigenvalue weighted by Crippen LogP contribution is 2.30. The molecular formula is C37H43ClN8O5. The third-order valence-electron chi connectivity index (χ3n) is 8.91. The molecule has 4 N–H and O–H groups in total. The lowest BCUT2D eigenvalue weighted by atomic mass is 9.98. The summed E-state index contributed by atoms with van der Waals surface area (Å²) in [7, 11) is 3.54. The van der Waals surface area contributed by atoms with Gasteiger partial charge in [-0.3, -0.25) is 14.5 Å². The maximum atomic E-state index is 13.7. The lowest BCUT2D eigenvalue weighted by Crippen LogP contribution is -2.52. The number of esters is 1. The van der Waals surface area contributed by atoms with Crippen molar-refractivity contribution < 1.29 is 24.5 Å². The molecule has 5 aromatic rings. The fourth-order valence-corrected chi connectivity index (χ4v) is 6.29. The minimum atomic E-state index is -1.01. The number of hydrogen-bond acceptors (Lipinski definition) is 10. The number of nitrogens with zero attached hydrogens (tertiary/aromatic N) is 6. The standard InChI is InChI=1S/C37H43ClN8O5/c1-4-5-10-32-40-35(38)31(46(32)22-25-11-15-26(16-12-25)28-8-6-7-9-29(28)36-41-43-44-42-36)23-51-37(50)30(19-20-34(48)49)45(3)33(39-2)21-24-13-17-27(47)18-14-24/h6-9,11-18,30,33,39,47H,4-5,10,19-23H2,1-3H3,(H,48,49)(H,41,42,43,44)/t30-,33?/m1/s1. The molecule has 0 fully saturated rings. The number of benzene rings is 3. The van der Waals surface area contributed by atoms with E-state index in [-0.39, 0.29) is 36.5 Å². The highest BCUT2D eigenvalue weighted by Gasteiger charge is 2.31. The van der Waals surface area contributed by atoms with Gasteiger partial charge in [-0.1, -0.05) is 85.6 Å². The Morgan fingerprint density at radius 2 is 1.75 bits per heavy atom. The number of ether oxygens (including phenoxy) is 1. The van der Waals surface area contributed by atoms with Gasteiger partial charge in [0, 0.05) is 31.4 Å². The summed E-state index contributed by atoms with van der Waals surface area (Å²) in [5.74, 6) is -0.104. The third-order valence-corrected chi connectivity index (χ3v) is 9.21. The van der Waals surface area contributed by atoms with Gasteiger partial charge >= 0.3 is 11.9 Å². The zero-order valence-corrected chi connectivity index (χ0v) is 29.7. The number of aliphatic carboxylic acids is 1. The number of unbranched alkanes of at least 4 members (excludes halogenated alkanes) is 1. The Morgan fingerprint density at radius 1 is 1.04 bits per heavy atom. The third kappa shape index (κ3) is 9.57. The van der Waals surface area contributed by atoms with Crippen LogP contribution in [0.25, 0.3) is 22.5 Å². The molecule has 2 atom stereocenters. The summed E-state index contributed by atoms with van der Waals surface area (Å²) in [4.78, 5) is 31.7. The summed E-state index contributed by atoms with van der Waals surface area (Å²) in [6.45, 7) is 2.43. The van der Waals surface area contributed by atoms with E-state index >= 15 is 0 Å². The molecule has 0 spiro atoms. The Balaban J connectivity index is 1.35. The Kier molecular flexibility index (Phi) is 12.9. The number of carbonyl (C=O) groups excluding carboxylic acids is 1. The van der Waals surface area contributed by atoms with E-state index in [9.17, 15) is 19.8 Å². The normalized spacial score (nSPS) is 12.6. The van der Waals surface area contributed by atoms with Crippen LogP contribution in [-0.4, -0.2) is 83.5 Å². The summed E-state index contributed by atoms with van der Waals surface area (Å²) in [6, 6.07) is 22.0. The van der Waals surface area contributed by atoms with Crippen molar-refractivity contribution in [3.8, 4) is 28.3 Å². The van der Waals surface area contributed by atoms with Gasteiger partial charge in [0.05, 0.1) is 11.9 Å². The van der Waals surface area contributed by atoms with Gasteiger partial charge in [0.1, 0.15) is 24.2 Å². The zero-order valence-electron chi connectivity index (χ0n) is 28.9. The average molecular weight is 715 g/mol. The Hall–Kier alpha value is -5.11. The molecule has 1 unspecified atom stereocenters. The van der Waals surface area contributed by atoms with Crippen LogP contribution in [0.5, 0.6) is 5.75 Å². The van der Waals surface area contributed by atoms with E-state index in [1.165, 1.54) is 0 Å².